The lowest BCUT2D eigenvalue weighted by atomic mass is 10.1. The molecule has 33 heavy (non-hydrogen) atoms. The van der Waals surface area contributed by atoms with Gasteiger partial charge in [-0.1, -0.05) is 30.3 Å². The van der Waals surface area contributed by atoms with Crippen LogP contribution in [0.1, 0.15) is 18.4 Å². The molecule has 1 rings (SSSR count). The lowest BCUT2D eigenvalue weighted by Crippen LogP contribution is -2.58. The summed E-state index contributed by atoms with van der Waals surface area (Å²) in [7, 11) is 0. The van der Waals surface area contributed by atoms with Crippen LogP contribution in [0.5, 0.6) is 0 Å². The van der Waals surface area contributed by atoms with Crippen molar-refractivity contribution < 1.29 is 39.3 Å². The standard InChI is InChI=1S/C20H29N5O8/c21-12(9-26)17(29)23-13(6-7-16(22)28)18(30)25-15(10-27)19(31)24-14(20(32)33)8-11-4-2-1-3-5-11/h1-5,12-15,26-27H,6-10,21H2,(H2,22,28)(H,23,29)(H,24,31)(H,25,30)(H,32,33). The van der Waals surface area contributed by atoms with Gasteiger partial charge in [0.2, 0.25) is 23.6 Å². The highest BCUT2D eigenvalue weighted by Gasteiger charge is 2.30. The van der Waals surface area contributed by atoms with Gasteiger partial charge in [-0.05, 0) is 12.0 Å². The monoisotopic (exact) mass is 467 g/mol. The Balaban J connectivity index is 2.87. The number of aliphatic carboxylic acids is 1. The minimum absolute atomic E-state index is 0.0374. The minimum atomic E-state index is -1.55. The zero-order valence-corrected chi connectivity index (χ0v) is 17.8. The lowest BCUT2D eigenvalue weighted by molar-refractivity contribution is -0.142. The van der Waals surface area contributed by atoms with Crippen molar-refractivity contribution in [1.29, 1.82) is 0 Å². The molecule has 0 aliphatic rings. The van der Waals surface area contributed by atoms with Crippen molar-refractivity contribution in [3.8, 4) is 0 Å². The van der Waals surface area contributed by atoms with E-state index >= 15 is 0 Å². The van der Waals surface area contributed by atoms with Crippen molar-refractivity contribution in [2.24, 2.45) is 11.5 Å². The van der Waals surface area contributed by atoms with Crippen LogP contribution in [0.2, 0.25) is 0 Å². The number of nitrogens with one attached hydrogen (secondary N) is 3. The maximum absolute atomic E-state index is 12.6. The highest BCUT2D eigenvalue weighted by molar-refractivity contribution is 5.94. The zero-order valence-electron chi connectivity index (χ0n) is 17.8. The van der Waals surface area contributed by atoms with E-state index in [9.17, 15) is 34.2 Å². The van der Waals surface area contributed by atoms with Crippen LogP contribution in [0.15, 0.2) is 30.3 Å². The van der Waals surface area contributed by atoms with E-state index in [1.807, 2.05) is 0 Å². The topological polar surface area (TPSA) is 234 Å². The largest absolute Gasteiger partial charge is 0.480 e. The van der Waals surface area contributed by atoms with E-state index in [-0.39, 0.29) is 19.3 Å². The second kappa shape index (κ2) is 13.8. The summed E-state index contributed by atoms with van der Waals surface area (Å²) in [6.07, 6.45) is -0.568. The first-order valence-electron chi connectivity index (χ1n) is 10.0. The van der Waals surface area contributed by atoms with Gasteiger partial charge in [-0.2, -0.15) is 0 Å². The molecule has 13 nitrogen and oxygen atoms in total. The Morgan fingerprint density at radius 2 is 1.36 bits per heavy atom. The lowest BCUT2D eigenvalue weighted by Gasteiger charge is -2.24. The normalized spacial score (nSPS) is 14.3. The first-order valence-corrected chi connectivity index (χ1v) is 10.0. The number of benzene rings is 1. The number of carbonyl (C=O) groups excluding carboxylic acids is 4. The Kier molecular flexibility index (Phi) is 11.5. The molecule has 10 N–H and O–H groups in total. The Hall–Kier alpha value is -3.55. The second-order valence-electron chi connectivity index (χ2n) is 7.19. The average Bonchev–Trinajstić information content (AvgIpc) is 2.78. The molecule has 0 aromatic heterocycles. The van der Waals surface area contributed by atoms with E-state index in [0.29, 0.717) is 5.56 Å². The van der Waals surface area contributed by atoms with Gasteiger partial charge >= 0.3 is 5.97 Å². The smallest absolute Gasteiger partial charge is 0.326 e. The molecular formula is C20H29N5O8. The van der Waals surface area contributed by atoms with Gasteiger partial charge in [-0.3, -0.25) is 19.2 Å². The number of amides is 4. The molecule has 0 heterocycles. The van der Waals surface area contributed by atoms with Crippen LogP contribution in [0.4, 0.5) is 0 Å². The first kappa shape index (κ1) is 27.5. The van der Waals surface area contributed by atoms with E-state index in [2.05, 4.69) is 16.0 Å². The molecule has 4 amide bonds. The van der Waals surface area contributed by atoms with Crippen LogP contribution in [0, 0.1) is 0 Å². The van der Waals surface area contributed by atoms with E-state index in [1.165, 1.54) is 0 Å². The quantitative estimate of drug-likeness (QED) is 0.134. The molecule has 0 radical (unpaired) electrons. The van der Waals surface area contributed by atoms with Crippen molar-refractivity contribution in [3.63, 3.8) is 0 Å². The summed E-state index contributed by atoms with van der Waals surface area (Å²) in [6, 6.07) is 2.94. The number of nitrogens with two attached hydrogens (primary N) is 2. The molecule has 4 unspecified atom stereocenters. The van der Waals surface area contributed by atoms with Gasteiger partial charge < -0.3 is 42.7 Å². The number of aliphatic hydroxyl groups is 2. The average molecular weight is 467 g/mol. The minimum Gasteiger partial charge on any atom is -0.480 e. The molecule has 0 saturated heterocycles. The van der Waals surface area contributed by atoms with Crippen LogP contribution in [0.25, 0.3) is 0 Å². The van der Waals surface area contributed by atoms with Crippen LogP contribution >= 0.6 is 0 Å². The molecular weight excluding hydrogens is 438 g/mol. The van der Waals surface area contributed by atoms with E-state index in [4.69, 9.17) is 16.6 Å². The van der Waals surface area contributed by atoms with Gasteiger partial charge in [0.05, 0.1) is 13.2 Å². The van der Waals surface area contributed by atoms with Gasteiger partial charge in [-0.15, -0.1) is 0 Å². The molecule has 0 spiro atoms. The Morgan fingerprint density at radius 3 is 1.88 bits per heavy atom. The fraction of sp³-hybridized carbons (Fsp3) is 0.450. The van der Waals surface area contributed by atoms with Gasteiger partial charge in [-0.25, -0.2) is 4.79 Å². The number of aliphatic hydroxyl groups excluding tert-OH is 2. The maximum atomic E-state index is 12.6. The first-order chi connectivity index (χ1) is 15.6. The van der Waals surface area contributed by atoms with Crippen molar-refractivity contribution >= 4 is 29.6 Å². The number of hydrogen-bond acceptors (Lipinski definition) is 8. The summed E-state index contributed by atoms with van der Waals surface area (Å²) in [5.41, 5.74) is 11.1. The fourth-order valence-corrected chi connectivity index (χ4v) is 2.71. The number of rotatable bonds is 14. The summed E-state index contributed by atoms with van der Waals surface area (Å²) in [4.78, 5) is 59.7. The SMILES string of the molecule is NC(=O)CCC(NC(=O)C(N)CO)C(=O)NC(CO)C(=O)NC(Cc1ccccc1)C(=O)O. The highest BCUT2D eigenvalue weighted by Crippen LogP contribution is 2.05. The van der Waals surface area contributed by atoms with Crippen molar-refractivity contribution in [1.82, 2.24) is 16.0 Å². The number of carboxylic acids is 1. The predicted molar refractivity (Wildman–Crippen MR) is 114 cm³/mol. The van der Waals surface area contributed by atoms with Crippen LogP contribution in [0.3, 0.4) is 0 Å². The number of carbonyl (C=O) groups is 5. The number of primary amides is 1. The Bertz CT molecular complexity index is 835. The van der Waals surface area contributed by atoms with Gasteiger partial charge in [0.1, 0.15) is 24.2 Å². The molecule has 1 aromatic rings. The highest BCUT2D eigenvalue weighted by atomic mass is 16.4. The molecule has 0 fully saturated rings. The van der Waals surface area contributed by atoms with Gasteiger partial charge in [0, 0.05) is 12.8 Å². The summed E-state index contributed by atoms with van der Waals surface area (Å²) in [5, 5.41) is 34.6. The predicted octanol–water partition coefficient (Wildman–Crippen LogP) is -3.65. The molecule has 13 heteroatoms. The van der Waals surface area contributed by atoms with E-state index in [1.54, 1.807) is 30.3 Å². The molecule has 0 bridgehead atoms. The molecule has 182 valence electrons. The van der Waals surface area contributed by atoms with E-state index < -0.39 is 67.0 Å². The zero-order chi connectivity index (χ0) is 25.0. The van der Waals surface area contributed by atoms with E-state index in [0.717, 1.165) is 0 Å². The molecule has 1 aromatic carbocycles. The molecule has 0 aliphatic heterocycles. The second-order valence-corrected chi connectivity index (χ2v) is 7.19. The third-order valence-electron chi connectivity index (χ3n) is 4.56. The van der Waals surface area contributed by atoms with Crippen LogP contribution in [-0.4, -0.2) is 82.3 Å². The van der Waals surface area contributed by atoms with Crippen molar-refractivity contribution in [3.05, 3.63) is 35.9 Å². The summed E-state index contributed by atoms with van der Waals surface area (Å²) >= 11 is 0. The van der Waals surface area contributed by atoms with Gasteiger partial charge in [0.15, 0.2) is 0 Å². The summed E-state index contributed by atoms with van der Waals surface area (Å²) in [6.45, 7) is -1.57. The third kappa shape index (κ3) is 9.64. The van der Waals surface area contributed by atoms with Crippen LogP contribution in [-0.2, 0) is 30.4 Å². The molecule has 4 atom stereocenters. The third-order valence-corrected chi connectivity index (χ3v) is 4.56. The summed E-state index contributed by atoms with van der Waals surface area (Å²) in [5.74, 6) is -4.88. The Labute approximate surface area is 189 Å². The maximum Gasteiger partial charge on any atom is 0.326 e. The van der Waals surface area contributed by atoms with Crippen molar-refractivity contribution in [2.45, 2.75) is 43.4 Å². The van der Waals surface area contributed by atoms with Gasteiger partial charge in [0.25, 0.3) is 0 Å². The van der Waals surface area contributed by atoms with Crippen LogP contribution < -0.4 is 27.4 Å². The Morgan fingerprint density at radius 1 is 0.818 bits per heavy atom. The fourth-order valence-electron chi connectivity index (χ4n) is 2.71. The number of hydrogen-bond donors (Lipinski definition) is 8. The molecule has 0 saturated carbocycles. The molecule has 0 aliphatic carbocycles. The number of carboxylic acid groups (broad SMARTS) is 1. The summed E-state index contributed by atoms with van der Waals surface area (Å²) < 4.78 is 0. The van der Waals surface area contributed by atoms with Crippen molar-refractivity contribution in [2.75, 3.05) is 13.2 Å².